The molecule has 0 radical (unpaired) electrons. The molecular weight excluding hydrogens is 456 g/mol. The molecule has 36 heavy (non-hydrogen) atoms. The molecule has 1 atom stereocenters. The van der Waals surface area contributed by atoms with Crippen molar-refractivity contribution in [2.45, 2.75) is 6.10 Å². The highest BCUT2D eigenvalue weighted by Gasteiger charge is 2.31. The summed E-state index contributed by atoms with van der Waals surface area (Å²) < 4.78 is 13.0. The Morgan fingerprint density at radius 3 is 2.53 bits per heavy atom. The van der Waals surface area contributed by atoms with Crippen LogP contribution in [0.2, 0.25) is 0 Å². The molecule has 4 aromatic rings. The Morgan fingerprint density at radius 1 is 1.03 bits per heavy atom. The molecule has 8 nitrogen and oxygen atoms in total. The van der Waals surface area contributed by atoms with E-state index in [1.165, 1.54) is 11.0 Å². The Labute approximate surface area is 208 Å². The van der Waals surface area contributed by atoms with Crippen molar-refractivity contribution in [3.05, 3.63) is 96.7 Å². The molecule has 0 aliphatic carbocycles. The number of hydrogen-bond donors (Lipinski definition) is 1. The maximum Gasteiger partial charge on any atom is 0.260 e. The van der Waals surface area contributed by atoms with Gasteiger partial charge in [-0.3, -0.25) is 9.59 Å². The summed E-state index contributed by atoms with van der Waals surface area (Å²) >= 11 is 0. The summed E-state index contributed by atoms with van der Waals surface area (Å²) in [6.07, 6.45) is 4.11. The summed E-state index contributed by atoms with van der Waals surface area (Å²) in [6, 6.07) is 24.4. The molecule has 180 valence electrons. The van der Waals surface area contributed by atoms with E-state index in [1.807, 2.05) is 60.8 Å². The first-order chi connectivity index (χ1) is 17.5. The second-order valence-electron chi connectivity index (χ2n) is 8.17. The highest BCUT2D eigenvalue weighted by Crippen LogP contribution is 2.34. The Balaban J connectivity index is 1.53. The number of anilines is 1. The third-order valence-corrected chi connectivity index (χ3v) is 5.89. The molecular formula is C28H24N4O4. The zero-order valence-corrected chi connectivity index (χ0v) is 19.6. The molecule has 5 rings (SSSR count). The van der Waals surface area contributed by atoms with Crippen LogP contribution in [0.25, 0.3) is 23.0 Å². The van der Waals surface area contributed by atoms with Crippen molar-refractivity contribution in [1.29, 1.82) is 0 Å². The van der Waals surface area contributed by atoms with Gasteiger partial charge in [0.15, 0.2) is 6.10 Å². The highest BCUT2D eigenvalue weighted by atomic mass is 16.5. The SMILES string of the molecule is COc1ccccc1-c1nn(-c2ccccc2)cc1/C=C/C(=O)N1CC(C(N)=O)Oc2ccccc21. The normalized spacial score (nSPS) is 14.8. The van der Waals surface area contributed by atoms with Gasteiger partial charge in [-0.25, -0.2) is 4.68 Å². The molecule has 0 saturated heterocycles. The van der Waals surface area contributed by atoms with Crippen LogP contribution in [0.15, 0.2) is 91.1 Å². The molecule has 2 N–H and O–H groups in total. The van der Waals surface area contributed by atoms with E-state index in [0.29, 0.717) is 22.9 Å². The van der Waals surface area contributed by atoms with Crippen LogP contribution in [0.5, 0.6) is 11.5 Å². The van der Waals surface area contributed by atoms with Crippen LogP contribution < -0.4 is 20.1 Å². The third kappa shape index (κ3) is 4.44. The first-order valence-electron chi connectivity index (χ1n) is 11.4. The lowest BCUT2D eigenvalue weighted by Gasteiger charge is -2.32. The number of amides is 2. The summed E-state index contributed by atoms with van der Waals surface area (Å²) in [6.45, 7) is 0.0260. The van der Waals surface area contributed by atoms with Crippen molar-refractivity contribution in [3.8, 4) is 28.4 Å². The van der Waals surface area contributed by atoms with Crippen LogP contribution in [0.3, 0.4) is 0 Å². The number of carbonyl (C=O) groups excluding carboxylic acids is 2. The van der Waals surface area contributed by atoms with Crippen molar-refractivity contribution >= 4 is 23.6 Å². The number of methoxy groups -OCH3 is 1. The van der Waals surface area contributed by atoms with Crippen molar-refractivity contribution in [2.75, 3.05) is 18.6 Å². The number of primary amides is 1. The Hall–Kier alpha value is -4.85. The number of nitrogens with zero attached hydrogens (tertiary/aromatic N) is 3. The number of aromatic nitrogens is 2. The number of nitrogens with two attached hydrogens (primary N) is 1. The number of hydrogen-bond acceptors (Lipinski definition) is 5. The molecule has 1 aliphatic heterocycles. The lowest BCUT2D eigenvalue weighted by atomic mass is 10.1. The summed E-state index contributed by atoms with van der Waals surface area (Å²) in [5, 5.41) is 4.80. The first-order valence-corrected chi connectivity index (χ1v) is 11.4. The average Bonchev–Trinajstić information content (AvgIpc) is 3.35. The van der Waals surface area contributed by atoms with Crippen LogP contribution in [0.1, 0.15) is 5.56 Å². The molecule has 0 bridgehead atoms. The molecule has 2 heterocycles. The second kappa shape index (κ2) is 9.79. The van der Waals surface area contributed by atoms with Crippen LogP contribution in [-0.2, 0) is 9.59 Å². The van der Waals surface area contributed by atoms with Gasteiger partial charge in [-0.2, -0.15) is 5.10 Å². The highest BCUT2D eigenvalue weighted by molar-refractivity contribution is 6.06. The van der Waals surface area contributed by atoms with E-state index in [-0.39, 0.29) is 12.5 Å². The summed E-state index contributed by atoms with van der Waals surface area (Å²) in [7, 11) is 1.61. The number of ether oxygens (including phenoxy) is 2. The molecule has 0 fully saturated rings. The second-order valence-corrected chi connectivity index (χ2v) is 8.17. The minimum Gasteiger partial charge on any atom is -0.496 e. The van der Waals surface area contributed by atoms with Gasteiger partial charge in [-0.1, -0.05) is 42.5 Å². The largest absolute Gasteiger partial charge is 0.496 e. The van der Waals surface area contributed by atoms with E-state index in [2.05, 4.69) is 0 Å². The standard InChI is InChI=1S/C28H24N4O4/c1-35-23-13-7-5-11-21(23)27-19(17-32(30-27)20-9-3-2-4-10-20)15-16-26(33)31-18-25(28(29)34)36-24-14-8-6-12-22(24)31/h2-17,25H,18H2,1H3,(H2,29,34)/b16-15+. The van der Waals surface area contributed by atoms with Gasteiger partial charge in [0, 0.05) is 23.4 Å². The number of carbonyl (C=O) groups is 2. The van der Waals surface area contributed by atoms with Crippen LogP contribution in [0, 0.1) is 0 Å². The van der Waals surface area contributed by atoms with E-state index >= 15 is 0 Å². The van der Waals surface area contributed by atoms with Crippen LogP contribution in [-0.4, -0.2) is 41.4 Å². The van der Waals surface area contributed by atoms with E-state index in [1.54, 1.807) is 42.1 Å². The topological polar surface area (TPSA) is 99.7 Å². The van der Waals surface area contributed by atoms with Crippen molar-refractivity contribution in [2.24, 2.45) is 5.73 Å². The predicted octanol–water partition coefficient (Wildman–Crippen LogP) is 3.84. The maximum atomic E-state index is 13.3. The molecule has 8 heteroatoms. The van der Waals surface area contributed by atoms with Gasteiger partial charge in [0.25, 0.3) is 11.8 Å². The Bertz CT molecular complexity index is 1440. The third-order valence-electron chi connectivity index (χ3n) is 5.89. The smallest absolute Gasteiger partial charge is 0.260 e. The van der Waals surface area contributed by atoms with Crippen LogP contribution >= 0.6 is 0 Å². The number of para-hydroxylation sites is 4. The van der Waals surface area contributed by atoms with E-state index < -0.39 is 12.0 Å². The molecule has 1 aromatic heterocycles. The van der Waals surface area contributed by atoms with Gasteiger partial charge in [0.1, 0.15) is 17.2 Å². The fraction of sp³-hybridized carbons (Fsp3) is 0.107. The monoisotopic (exact) mass is 480 g/mol. The fourth-order valence-electron chi connectivity index (χ4n) is 4.11. The van der Waals surface area contributed by atoms with E-state index in [4.69, 9.17) is 20.3 Å². The zero-order chi connectivity index (χ0) is 25.1. The molecule has 3 aromatic carbocycles. The summed E-state index contributed by atoms with van der Waals surface area (Å²) in [4.78, 5) is 26.7. The molecule has 1 unspecified atom stereocenters. The van der Waals surface area contributed by atoms with Crippen molar-refractivity contribution in [3.63, 3.8) is 0 Å². The lowest BCUT2D eigenvalue weighted by molar-refractivity contribution is -0.125. The number of benzene rings is 3. The molecule has 0 spiro atoms. The Kier molecular flexibility index (Phi) is 6.23. The van der Waals surface area contributed by atoms with E-state index in [9.17, 15) is 9.59 Å². The minimum absolute atomic E-state index is 0.0260. The fourth-order valence-corrected chi connectivity index (χ4v) is 4.11. The van der Waals surface area contributed by atoms with Gasteiger partial charge in [0.2, 0.25) is 0 Å². The van der Waals surface area contributed by atoms with Gasteiger partial charge in [-0.15, -0.1) is 0 Å². The minimum atomic E-state index is -0.928. The van der Waals surface area contributed by atoms with Gasteiger partial charge in [-0.05, 0) is 42.5 Å². The predicted molar refractivity (Wildman–Crippen MR) is 137 cm³/mol. The summed E-state index contributed by atoms with van der Waals surface area (Å²) in [5.74, 6) is 0.161. The van der Waals surface area contributed by atoms with Gasteiger partial charge >= 0.3 is 0 Å². The average molecular weight is 481 g/mol. The zero-order valence-electron chi connectivity index (χ0n) is 19.6. The van der Waals surface area contributed by atoms with Gasteiger partial charge in [0.05, 0.1) is 25.0 Å². The quantitative estimate of drug-likeness (QED) is 0.423. The summed E-state index contributed by atoms with van der Waals surface area (Å²) in [5.41, 5.74) is 9.13. The van der Waals surface area contributed by atoms with Crippen molar-refractivity contribution < 1.29 is 19.1 Å². The number of fused-ring (bicyclic) bond motifs is 1. The Morgan fingerprint density at radius 2 is 1.75 bits per heavy atom. The number of rotatable bonds is 6. The molecule has 0 saturated carbocycles. The van der Waals surface area contributed by atoms with Crippen LogP contribution in [0.4, 0.5) is 5.69 Å². The lowest BCUT2D eigenvalue weighted by Crippen LogP contribution is -2.49. The van der Waals surface area contributed by atoms with Crippen molar-refractivity contribution in [1.82, 2.24) is 9.78 Å². The molecule has 1 aliphatic rings. The van der Waals surface area contributed by atoms with Gasteiger partial charge < -0.3 is 20.1 Å². The molecule has 2 amide bonds. The van der Waals surface area contributed by atoms with E-state index in [0.717, 1.165) is 16.8 Å². The first kappa shape index (κ1) is 22.9. The maximum absolute atomic E-state index is 13.3.